The maximum Gasteiger partial charge on any atom is 0.258 e. The SMILES string of the molecule is COc1ccccc1C(=O)N1[C@@H]2CC[C@H]1C[C@@H](c1ccc(F)cc1)C2. The molecule has 2 saturated heterocycles. The first-order valence-corrected chi connectivity index (χ1v) is 8.88. The number of nitrogens with zero attached hydrogens (tertiary/aromatic N) is 1. The number of methoxy groups -OCH3 is 1. The van der Waals surface area contributed by atoms with Gasteiger partial charge < -0.3 is 9.64 Å². The van der Waals surface area contributed by atoms with E-state index in [1.54, 1.807) is 7.11 Å². The van der Waals surface area contributed by atoms with Gasteiger partial charge in [0, 0.05) is 12.1 Å². The molecule has 2 bridgehead atoms. The average molecular weight is 339 g/mol. The Morgan fingerprint density at radius 3 is 2.32 bits per heavy atom. The third kappa shape index (κ3) is 2.90. The van der Waals surface area contributed by atoms with Crippen LogP contribution >= 0.6 is 0 Å². The summed E-state index contributed by atoms with van der Waals surface area (Å²) < 4.78 is 18.5. The molecule has 2 aromatic carbocycles. The van der Waals surface area contributed by atoms with Crippen molar-refractivity contribution in [1.82, 2.24) is 4.90 Å². The normalized spacial score (nSPS) is 25.0. The number of amides is 1. The van der Waals surface area contributed by atoms with Gasteiger partial charge >= 0.3 is 0 Å². The zero-order chi connectivity index (χ0) is 17.4. The molecule has 0 N–H and O–H groups in total. The standard InChI is InChI=1S/C21H22FNO2/c1-25-20-5-3-2-4-19(20)21(24)23-17-10-11-18(23)13-15(12-17)14-6-8-16(22)9-7-14/h2-9,15,17-18H,10-13H2,1H3/t15-,17+,18-. The molecule has 2 aliphatic heterocycles. The number of benzene rings is 2. The Morgan fingerprint density at radius 1 is 1.04 bits per heavy atom. The van der Waals surface area contributed by atoms with E-state index in [1.165, 1.54) is 17.7 Å². The monoisotopic (exact) mass is 339 g/mol. The predicted octanol–water partition coefficient (Wildman–Crippen LogP) is 4.39. The van der Waals surface area contributed by atoms with E-state index in [0.29, 0.717) is 17.2 Å². The number of fused-ring (bicyclic) bond motifs is 2. The molecule has 2 aromatic rings. The molecule has 0 saturated carbocycles. The molecule has 130 valence electrons. The van der Waals surface area contributed by atoms with Crippen molar-refractivity contribution >= 4 is 5.91 Å². The smallest absolute Gasteiger partial charge is 0.258 e. The summed E-state index contributed by atoms with van der Waals surface area (Å²) in [6, 6.07) is 14.8. The Balaban J connectivity index is 1.56. The van der Waals surface area contributed by atoms with Crippen LogP contribution in [-0.4, -0.2) is 30.0 Å². The van der Waals surface area contributed by atoms with Crippen LogP contribution in [-0.2, 0) is 0 Å². The fraction of sp³-hybridized carbons (Fsp3) is 0.381. The molecule has 0 unspecified atom stereocenters. The molecule has 2 aliphatic rings. The van der Waals surface area contributed by atoms with Gasteiger partial charge in [0.1, 0.15) is 11.6 Å². The van der Waals surface area contributed by atoms with Crippen LogP contribution in [0.2, 0.25) is 0 Å². The van der Waals surface area contributed by atoms with Crippen molar-refractivity contribution in [2.45, 2.75) is 43.7 Å². The van der Waals surface area contributed by atoms with Gasteiger partial charge in [0.05, 0.1) is 12.7 Å². The summed E-state index contributed by atoms with van der Waals surface area (Å²) in [6.07, 6.45) is 3.98. The third-order valence-corrected chi connectivity index (χ3v) is 5.65. The van der Waals surface area contributed by atoms with Crippen LogP contribution < -0.4 is 4.74 Å². The van der Waals surface area contributed by atoms with Crippen LogP contribution in [0.5, 0.6) is 5.75 Å². The molecule has 4 rings (SSSR count). The number of para-hydroxylation sites is 1. The summed E-state index contributed by atoms with van der Waals surface area (Å²) in [5, 5.41) is 0. The number of ether oxygens (including phenoxy) is 1. The van der Waals surface area contributed by atoms with Gasteiger partial charge in [-0.05, 0) is 61.4 Å². The Hall–Kier alpha value is -2.36. The van der Waals surface area contributed by atoms with Gasteiger partial charge in [0.2, 0.25) is 0 Å². The third-order valence-electron chi connectivity index (χ3n) is 5.65. The van der Waals surface area contributed by atoms with Crippen molar-refractivity contribution in [3.05, 3.63) is 65.5 Å². The molecule has 3 atom stereocenters. The predicted molar refractivity (Wildman–Crippen MR) is 94.3 cm³/mol. The van der Waals surface area contributed by atoms with E-state index in [1.807, 2.05) is 36.4 Å². The van der Waals surface area contributed by atoms with Crippen molar-refractivity contribution in [2.75, 3.05) is 7.11 Å². The van der Waals surface area contributed by atoms with Gasteiger partial charge in [-0.1, -0.05) is 24.3 Å². The molecular weight excluding hydrogens is 317 g/mol. The average Bonchev–Trinajstić information content (AvgIpc) is 2.91. The second-order valence-corrected chi connectivity index (χ2v) is 7.02. The highest BCUT2D eigenvalue weighted by molar-refractivity contribution is 5.97. The minimum absolute atomic E-state index is 0.0718. The zero-order valence-electron chi connectivity index (χ0n) is 14.3. The number of hydrogen-bond acceptors (Lipinski definition) is 2. The van der Waals surface area contributed by atoms with Crippen LogP contribution in [0, 0.1) is 5.82 Å². The van der Waals surface area contributed by atoms with Crippen LogP contribution in [0.4, 0.5) is 4.39 Å². The molecular formula is C21H22FNO2. The highest BCUT2D eigenvalue weighted by atomic mass is 19.1. The van der Waals surface area contributed by atoms with E-state index in [4.69, 9.17) is 4.74 Å². The summed E-state index contributed by atoms with van der Waals surface area (Å²) in [6.45, 7) is 0. The van der Waals surface area contributed by atoms with Crippen molar-refractivity contribution in [3.8, 4) is 5.75 Å². The molecule has 25 heavy (non-hydrogen) atoms. The van der Waals surface area contributed by atoms with Crippen LogP contribution in [0.3, 0.4) is 0 Å². The minimum atomic E-state index is -0.199. The Morgan fingerprint density at radius 2 is 1.68 bits per heavy atom. The highest BCUT2D eigenvalue weighted by Gasteiger charge is 2.44. The van der Waals surface area contributed by atoms with E-state index in [0.717, 1.165) is 25.7 Å². The van der Waals surface area contributed by atoms with E-state index in [9.17, 15) is 9.18 Å². The van der Waals surface area contributed by atoms with Gasteiger partial charge in [0.15, 0.2) is 0 Å². The summed E-state index contributed by atoms with van der Waals surface area (Å²) >= 11 is 0. The topological polar surface area (TPSA) is 29.5 Å². The number of hydrogen-bond donors (Lipinski definition) is 0. The molecule has 0 aliphatic carbocycles. The molecule has 4 heteroatoms. The number of carbonyl (C=O) groups excluding carboxylic acids is 1. The van der Waals surface area contributed by atoms with Crippen LogP contribution in [0.15, 0.2) is 48.5 Å². The summed E-state index contributed by atoms with van der Waals surface area (Å²) in [5.74, 6) is 0.908. The Bertz CT molecular complexity index is 760. The lowest BCUT2D eigenvalue weighted by Gasteiger charge is -2.39. The van der Waals surface area contributed by atoms with Crippen molar-refractivity contribution in [2.24, 2.45) is 0 Å². The molecule has 0 spiro atoms. The van der Waals surface area contributed by atoms with Crippen molar-refractivity contribution in [1.29, 1.82) is 0 Å². The van der Waals surface area contributed by atoms with E-state index in [2.05, 4.69) is 4.90 Å². The molecule has 0 radical (unpaired) electrons. The molecule has 2 heterocycles. The molecule has 2 fully saturated rings. The number of piperidine rings is 1. The summed E-state index contributed by atoms with van der Waals surface area (Å²) in [4.78, 5) is 15.2. The van der Waals surface area contributed by atoms with Gasteiger partial charge in [-0.3, -0.25) is 4.79 Å². The second kappa shape index (κ2) is 6.51. The Labute approximate surface area is 147 Å². The lowest BCUT2D eigenvalue weighted by Crippen LogP contribution is -2.46. The number of rotatable bonds is 3. The zero-order valence-corrected chi connectivity index (χ0v) is 14.3. The maximum absolute atomic E-state index is 13.2. The fourth-order valence-electron chi connectivity index (χ4n) is 4.48. The fourth-order valence-corrected chi connectivity index (χ4v) is 4.48. The summed E-state index contributed by atoms with van der Waals surface area (Å²) in [7, 11) is 1.60. The quantitative estimate of drug-likeness (QED) is 0.830. The summed E-state index contributed by atoms with van der Waals surface area (Å²) in [5.41, 5.74) is 1.82. The number of halogens is 1. The molecule has 3 nitrogen and oxygen atoms in total. The largest absolute Gasteiger partial charge is 0.496 e. The van der Waals surface area contributed by atoms with Gasteiger partial charge in [0.25, 0.3) is 5.91 Å². The first-order chi connectivity index (χ1) is 12.2. The lowest BCUT2D eigenvalue weighted by atomic mass is 9.84. The maximum atomic E-state index is 13.2. The van der Waals surface area contributed by atoms with Crippen LogP contribution in [0.25, 0.3) is 0 Å². The van der Waals surface area contributed by atoms with E-state index < -0.39 is 0 Å². The first-order valence-electron chi connectivity index (χ1n) is 8.88. The molecule has 0 aromatic heterocycles. The second-order valence-electron chi connectivity index (χ2n) is 7.02. The lowest BCUT2D eigenvalue weighted by molar-refractivity contribution is 0.0568. The highest BCUT2D eigenvalue weighted by Crippen LogP contribution is 2.44. The van der Waals surface area contributed by atoms with Gasteiger partial charge in [-0.2, -0.15) is 0 Å². The van der Waals surface area contributed by atoms with Gasteiger partial charge in [-0.15, -0.1) is 0 Å². The van der Waals surface area contributed by atoms with Crippen molar-refractivity contribution < 1.29 is 13.9 Å². The first kappa shape index (κ1) is 16.1. The van der Waals surface area contributed by atoms with Crippen molar-refractivity contribution in [3.63, 3.8) is 0 Å². The van der Waals surface area contributed by atoms with E-state index >= 15 is 0 Å². The van der Waals surface area contributed by atoms with Gasteiger partial charge in [-0.25, -0.2) is 4.39 Å². The molecule has 1 amide bonds. The number of carbonyl (C=O) groups is 1. The van der Waals surface area contributed by atoms with E-state index in [-0.39, 0.29) is 23.8 Å². The Kier molecular flexibility index (Phi) is 4.20. The minimum Gasteiger partial charge on any atom is -0.496 e. The van der Waals surface area contributed by atoms with Crippen LogP contribution in [0.1, 0.15) is 47.5 Å².